The summed E-state index contributed by atoms with van der Waals surface area (Å²) in [6.07, 6.45) is 16.6. The first-order valence-corrected chi connectivity index (χ1v) is 26.0. The standard InChI is InChI=1S/C57H59N13O4/c1-4-48(71)63-45-24-35(31-60-54(45)70-21-17-68(3)18-22-70)42-27-40-34(30-59-42)5-9-37-50-44(64-52(37)40)25-36(61-55(50)73)8-12-49(72)62-43-23-32(7-11-47(43)69-19-15-67(2)16-20-69)41-26-39-33(29-58-41)6-10-38-51-46(65-53(38)39)28-57(13-14-57)66-56(51)74/h4,7-8,11-12,23-24,26-27,29-31,36,64-65H,1,5-6,9-10,13-22,25,28H2,2-3H3,(H,61,73)(H,62,72)(H,63,71)(H,66,74). The molecule has 3 aliphatic carbocycles. The van der Waals surface area contributed by atoms with E-state index in [2.05, 4.69) is 89.7 Å². The Kier molecular flexibility index (Phi) is 11.1. The maximum atomic E-state index is 14.0. The first kappa shape index (κ1) is 45.9. The van der Waals surface area contributed by atoms with Crippen molar-refractivity contribution in [2.45, 2.75) is 62.9 Å². The smallest absolute Gasteiger partial charge is 0.253 e. The van der Waals surface area contributed by atoms with Gasteiger partial charge >= 0.3 is 0 Å². The second kappa shape index (κ2) is 17.9. The Morgan fingerprint density at radius 2 is 1.30 bits per heavy atom. The monoisotopic (exact) mass is 989 g/mol. The third-order valence-corrected chi connectivity index (χ3v) is 16.4. The molecule has 0 bridgehead atoms. The molecule has 376 valence electrons. The molecular formula is C57H59N13O4. The lowest BCUT2D eigenvalue weighted by atomic mass is 9.87. The van der Waals surface area contributed by atoms with Crippen LogP contribution in [0.25, 0.3) is 45.0 Å². The van der Waals surface area contributed by atoms with E-state index in [1.165, 1.54) is 12.2 Å². The maximum absolute atomic E-state index is 14.0. The molecule has 3 fully saturated rings. The van der Waals surface area contributed by atoms with E-state index >= 15 is 0 Å². The number of piperazine rings is 2. The van der Waals surface area contributed by atoms with Gasteiger partial charge in [0.1, 0.15) is 0 Å². The van der Waals surface area contributed by atoms with Crippen LogP contribution >= 0.6 is 0 Å². The van der Waals surface area contributed by atoms with Gasteiger partial charge in [0.15, 0.2) is 5.82 Å². The number of aryl methyl sites for hydroxylation is 2. The highest BCUT2D eigenvalue weighted by atomic mass is 16.2. The number of H-pyrrole nitrogens is 2. The average molecular weight is 990 g/mol. The van der Waals surface area contributed by atoms with Crippen molar-refractivity contribution in [1.29, 1.82) is 0 Å². The summed E-state index contributed by atoms with van der Waals surface area (Å²) in [5.41, 5.74) is 16.8. The Balaban J connectivity index is 0.750. The minimum atomic E-state index is -0.421. The van der Waals surface area contributed by atoms with Gasteiger partial charge in [-0.1, -0.05) is 18.7 Å². The van der Waals surface area contributed by atoms with Crippen molar-refractivity contribution < 1.29 is 19.2 Å². The van der Waals surface area contributed by atoms with Crippen LogP contribution in [0.1, 0.15) is 67.2 Å². The highest BCUT2D eigenvalue weighted by Gasteiger charge is 2.49. The van der Waals surface area contributed by atoms with E-state index in [0.29, 0.717) is 41.3 Å². The van der Waals surface area contributed by atoms with E-state index in [4.69, 9.17) is 15.0 Å². The summed E-state index contributed by atoms with van der Waals surface area (Å²) >= 11 is 0. The highest BCUT2D eigenvalue weighted by molar-refractivity contribution is 6.05. The van der Waals surface area contributed by atoms with Gasteiger partial charge in [-0.3, -0.25) is 29.1 Å². The van der Waals surface area contributed by atoms with E-state index in [1.54, 1.807) is 12.3 Å². The van der Waals surface area contributed by atoms with Crippen molar-refractivity contribution >= 4 is 46.5 Å². The molecule has 5 aromatic heterocycles. The molecule has 17 nitrogen and oxygen atoms in total. The third-order valence-electron chi connectivity index (χ3n) is 16.4. The number of carbonyl (C=O) groups excluding carboxylic acids is 4. The zero-order valence-corrected chi connectivity index (χ0v) is 41.8. The number of rotatable bonds is 9. The number of hydrogen-bond acceptors (Lipinski definition) is 11. The fourth-order valence-electron chi connectivity index (χ4n) is 12.1. The number of hydrogen-bond donors (Lipinski definition) is 6. The Labute approximate surface area is 428 Å². The Hall–Kier alpha value is -7.89. The van der Waals surface area contributed by atoms with Crippen LogP contribution in [-0.4, -0.2) is 136 Å². The molecule has 4 amide bonds. The number of aromatic amines is 2. The molecule has 2 saturated heterocycles. The van der Waals surface area contributed by atoms with E-state index in [0.717, 1.165) is 175 Å². The van der Waals surface area contributed by atoms with Gasteiger partial charge < -0.3 is 50.8 Å². The number of amides is 4. The summed E-state index contributed by atoms with van der Waals surface area (Å²) in [5.74, 6) is -0.0401. The number of nitrogens with one attached hydrogen (secondary N) is 6. The molecule has 7 aliphatic rings. The topological polar surface area (TPSA) is 200 Å². The van der Waals surface area contributed by atoms with Crippen LogP contribution in [0.5, 0.6) is 0 Å². The SMILES string of the molecule is C=CC(=O)Nc1cc(-c2cc3c(cn2)CCc2c-3[nH]c3c2C(=O)NC(C=CC(=O)Nc2cc(-c4cc5c(cn4)CCc4c-5[nH]c5c4C(=O)NC4(CC4)C5)ccc2N2CCN(C)CC2)C3)cnc1N1CCN(C)CC1. The molecule has 1 unspecified atom stereocenters. The number of likely N-dealkylation sites (N-methyl/N-ethyl adjacent to an activating group) is 2. The number of fused-ring (bicyclic) bond motifs is 10. The van der Waals surface area contributed by atoms with E-state index in [1.807, 2.05) is 30.6 Å². The second-order valence-electron chi connectivity index (χ2n) is 21.3. The number of anilines is 4. The van der Waals surface area contributed by atoms with Crippen molar-refractivity contribution in [3.63, 3.8) is 0 Å². The molecule has 4 aliphatic heterocycles. The predicted molar refractivity (Wildman–Crippen MR) is 286 cm³/mol. The summed E-state index contributed by atoms with van der Waals surface area (Å²) in [7, 11) is 4.22. The predicted octanol–water partition coefficient (Wildman–Crippen LogP) is 5.69. The summed E-state index contributed by atoms with van der Waals surface area (Å²) in [6.45, 7) is 10.5. The quantitative estimate of drug-likeness (QED) is 0.0974. The van der Waals surface area contributed by atoms with Gasteiger partial charge in [0.25, 0.3) is 11.8 Å². The van der Waals surface area contributed by atoms with Crippen LogP contribution in [0, 0.1) is 0 Å². The lowest BCUT2D eigenvalue weighted by Gasteiger charge is -2.35. The normalized spacial score (nSPS) is 19.6. The van der Waals surface area contributed by atoms with Crippen LogP contribution in [0.4, 0.5) is 22.9 Å². The van der Waals surface area contributed by atoms with E-state index in [-0.39, 0.29) is 29.2 Å². The molecular weight excluding hydrogens is 931 g/mol. The molecule has 1 aromatic carbocycles. The van der Waals surface area contributed by atoms with Crippen molar-refractivity contribution in [3.05, 3.63) is 125 Å². The first-order chi connectivity index (χ1) is 36.0. The summed E-state index contributed by atoms with van der Waals surface area (Å²) < 4.78 is 0. The number of pyridine rings is 3. The van der Waals surface area contributed by atoms with Gasteiger partial charge in [-0.25, -0.2) is 4.98 Å². The lowest BCUT2D eigenvalue weighted by molar-refractivity contribution is -0.112. The van der Waals surface area contributed by atoms with Crippen LogP contribution in [-0.2, 0) is 48.1 Å². The maximum Gasteiger partial charge on any atom is 0.253 e. The van der Waals surface area contributed by atoms with Gasteiger partial charge in [-0.2, -0.15) is 0 Å². The van der Waals surface area contributed by atoms with Gasteiger partial charge in [-0.15, -0.1) is 0 Å². The van der Waals surface area contributed by atoms with Crippen LogP contribution in [0.3, 0.4) is 0 Å². The minimum Gasteiger partial charge on any atom is -0.367 e. The molecule has 0 radical (unpaired) electrons. The van der Waals surface area contributed by atoms with Crippen molar-refractivity contribution in [2.75, 3.05) is 86.9 Å². The highest BCUT2D eigenvalue weighted by Crippen LogP contribution is 2.46. The van der Waals surface area contributed by atoms with Crippen LogP contribution < -0.4 is 31.1 Å². The summed E-state index contributed by atoms with van der Waals surface area (Å²) in [5, 5.41) is 12.6. The fourth-order valence-corrected chi connectivity index (χ4v) is 12.1. The minimum absolute atomic E-state index is 0.0385. The van der Waals surface area contributed by atoms with Crippen molar-refractivity contribution in [3.8, 4) is 45.0 Å². The van der Waals surface area contributed by atoms with Crippen LogP contribution in [0.2, 0.25) is 0 Å². The van der Waals surface area contributed by atoms with Gasteiger partial charge in [0.05, 0.1) is 57.0 Å². The van der Waals surface area contributed by atoms with Crippen molar-refractivity contribution in [2.24, 2.45) is 0 Å². The second-order valence-corrected chi connectivity index (χ2v) is 21.3. The summed E-state index contributed by atoms with van der Waals surface area (Å²) in [6, 6.07) is 11.8. The molecule has 1 spiro atoms. The number of aromatic nitrogens is 5. The largest absolute Gasteiger partial charge is 0.367 e. The van der Waals surface area contributed by atoms with Gasteiger partial charge in [-0.05, 0) is 111 Å². The molecule has 9 heterocycles. The zero-order chi connectivity index (χ0) is 50.4. The van der Waals surface area contributed by atoms with E-state index < -0.39 is 6.04 Å². The Morgan fingerprint density at radius 1 is 0.689 bits per heavy atom. The average Bonchev–Trinajstić information content (AvgIpc) is 3.85. The molecule has 74 heavy (non-hydrogen) atoms. The van der Waals surface area contributed by atoms with Gasteiger partial charge in [0, 0.05) is 129 Å². The lowest BCUT2D eigenvalue weighted by Crippen LogP contribution is -2.45. The van der Waals surface area contributed by atoms with Crippen molar-refractivity contribution in [1.82, 2.24) is 45.4 Å². The van der Waals surface area contributed by atoms with Gasteiger partial charge in [0.2, 0.25) is 11.8 Å². The molecule has 13 rings (SSSR count). The molecule has 1 saturated carbocycles. The molecule has 1 atom stereocenters. The van der Waals surface area contributed by atoms with E-state index in [9.17, 15) is 19.2 Å². The fraction of sp³-hybridized carbons (Fsp3) is 0.351. The first-order valence-electron chi connectivity index (χ1n) is 26.0. The summed E-state index contributed by atoms with van der Waals surface area (Å²) in [4.78, 5) is 85.0. The number of benzene rings is 1. The molecule has 6 N–H and O–H groups in total. The Morgan fingerprint density at radius 3 is 1.96 bits per heavy atom. The molecule has 17 heteroatoms. The van der Waals surface area contributed by atoms with Crippen LogP contribution in [0.15, 0.2) is 79.8 Å². The third kappa shape index (κ3) is 8.23. The zero-order valence-electron chi connectivity index (χ0n) is 41.8. The Bertz CT molecular complexity index is 3390. The number of nitrogens with zero attached hydrogens (tertiary/aromatic N) is 7. The number of carbonyl (C=O) groups is 4. The molecule has 6 aromatic rings.